The number of halogens is 1. The molecule has 1 atom stereocenters. The second-order valence-corrected chi connectivity index (χ2v) is 4.84. The lowest BCUT2D eigenvalue weighted by Gasteiger charge is -2.16. The van der Waals surface area contributed by atoms with Crippen molar-refractivity contribution in [1.82, 2.24) is 0 Å². The number of ether oxygens (including phenoxy) is 3. The van der Waals surface area contributed by atoms with Gasteiger partial charge in [-0.2, -0.15) is 0 Å². The molecule has 0 saturated heterocycles. The molecule has 1 rings (SSSR count). The molecule has 0 saturated carbocycles. The zero-order chi connectivity index (χ0) is 12.1. The third-order valence-corrected chi connectivity index (χ3v) is 4.01. The first kappa shape index (κ1) is 13.4. The van der Waals surface area contributed by atoms with E-state index in [1.165, 1.54) is 5.56 Å². The van der Waals surface area contributed by atoms with Crippen molar-refractivity contribution >= 4 is 22.6 Å². The van der Waals surface area contributed by atoms with Gasteiger partial charge in [-0.1, -0.05) is 29.5 Å². The first-order valence-corrected chi connectivity index (χ1v) is 6.36. The third-order valence-electron chi connectivity index (χ3n) is 2.41. The quantitative estimate of drug-likeness (QED) is 0.607. The molecule has 0 N–H and O–H groups in total. The molecule has 0 heterocycles. The van der Waals surface area contributed by atoms with E-state index in [2.05, 4.69) is 29.5 Å². The number of hydrogen-bond donors (Lipinski definition) is 0. The Morgan fingerprint density at radius 1 is 1.06 bits per heavy atom. The van der Waals surface area contributed by atoms with Crippen LogP contribution in [-0.4, -0.2) is 21.3 Å². The minimum atomic E-state index is 0.450. The molecular formula is C12H17IO3. The molecular weight excluding hydrogens is 319 g/mol. The summed E-state index contributed by atoms with van der Waals surface area (Å²) in [6.07, 6.45) is 1.07. The molecule has 0 radical (unpaired) electrons. The van der Waals surface area contributed by atoms with E-state index in [1.807, 2.05) is 12.1 Å². The summed E-state index contributed by atoms with van der Waals surface area (Å²) in [5.74, 6) is 2.08. The highest BCUT2D eigenvalue weighted by Crippen LogP contribution is 2.41. The first-order valence-electron chi connectivity index (χ1n) is 5.11. The minimum absolute atomic E-state index is 0.450. The fraction of sp³-hybridized carbons (Fsp3) is 0.500. The van der Waals surface area contributed by atoms with Crippen molar-refractivity contribution in [2.75, 3.05) is 21.3 Å². The maximum atomic E-state index is 5.31. The van der Waals surface area contributed by atoms with E-state index in [0.717, 1.165) is 6.42 Å². The summed E-state index contributed by atoms with van der Waals surface area (Å²) in [7, 11) is 4.88. The number of hydrogen-bond acceptors (Lipinski definition) is 3. The van der Waals surface area contributed by atoms with Crippen LogP contribution in [0.4, 0.5) is 0 Å². The number of rotatable bonds is 5. The van der Waals surface area contributed by atoms with Crippen LogP contribution in [0, 0.1) is 0 Å². The molecule has 0 aliphatic rings. The summed E-state index contributed by atoms with van der Waals surface area (Å²) in [5, 5.41) is 0. The van der Waals surface area contributed by atoms with Crippen LogP contribution >= 0.6 is 22.6 Å². The smallest absolute Gasteiger partial charge is 0.203 e. The molecule has 90 valence electrons. The lowest BCUT2D eigenvalue weighted by atomic mass is 10.1. The molecule has 1 aromatic rings. The minimum Gasteiger partial charge on any atom is -0.493 e. The van der Waals surface area contributed by atoms with Crippen LogP contribution in [0.3, 0.4) is 0 Å². The molecule has 0 fully saturated rings. The number of methoxy groups -OCH3 is 3. The van der Waals surface area contributed by atoms with Crippen molar-refractivity contribution in [3.63, 3.8) is 0 Å². The van der Waals surface area contributed by atoms with Gasteiger partial charge >= 0.3 is 0 Å². The van der Waals surface area contributed by atoms with E-state index in [0.29, 0.717) is 21.2 Å². The predicted molar refractivity (Wildman–Crippen MR) is 73.2 cm³/mol. The summed E-state index contributed by atoms with van der Waals surface area (Å²) in [4.78, 5) is 0. The van der Waals surface area contributed by atoms with Gasteiger partial charge in [-0.05, 0) is 24.1 Å². The second kappa shape index (κ2) is 6.18. The van der Waals surface area contributed by atoms with Gasteiger partial charge in [-0.25, -0.2) is 0 Å². The second-order valence-electron chi connectivity index (χ2n) is 3.33. The summed E-state index contributed by atoms with van der Waals surface area (Å²) >= 11 is 2.41. The molecule has 0 aliphatic heterocycles. The third kappa shape index (κ3) is 2.72. The normalized spacial score (nSPS) is 12.1. The van der Waals surface area contributed by atoms with E-state index in [-0.39, 0.29) is 0 Å². The van der Waals surface area contributed by atoms with Crippen molar-refractivity contribution in [3.05, 3.63) is 17.7 Å². The van der Waals surface area contributed by atoms with Gasteiger partial charge in [-0.15, -0.1) is 0 Å². The molecule has 4 heteroatoms. The highest BCUT2D eigenvalue weighted by molar-refractivity contribution is 14.1. The van der Waals surface area contributed by atoms with Crippen LogP contribution in [0.1, 0.15) is 22.8 Å². The van der Waals surface area contributed by atoms with Crippen LogP contribution in [0.15, 0.2) is 12.1 Å². The Morgan fingerprint density at radius 2 is 1.56 bits per heavy atom. The van der Waals surface area contributed by atoms with Gasteiger partial charge in [-0.3, -0.25) is 0 Å². The molecule has 1 unspecified atom stereocenters. The highest BCUT2D eigenvalue weighted by atomic mass is 127. The van der Waals surface area contributed by atoms with Gasteiger partial charge in [0.05, 0.1) is 21.3 Å². The maximum absolute atomic E-state index is 5.31. The summed E-state index contributed by atoms with van der Waals surface area (Å²) in [6, 6.07) is 4.00. The Labute approximate surface area is 110 Å². The molecule has 0 bridgehead atoms. The van der Waals surface area contributed by atoms with Gasteiger partial charge < -0.3 is 14.2 Å². The molecule has 3 nitrogen and oxygen atoms in total. The summed E-state index contributed by atoms with van der Waals surface area (Å²) in [6.45, 7) is 2.15. The lowest BCUT2D eigenvalue weighted by molar-refractivity contribution is 0.324. The number of alkyl halides is 1. The fourth-order valence-electron chi connectivity index (χ4n) is 1.52. The molecule has 0 amide bonds. The van der Waals surface area contributed by atoms with Gasteiger partial charge in [0.25, 0.3) is 0 Å². The maximum Gasteiger partial charge on any atom is 0.203 e. The van der Waals surface area contributed by atoms with E-state index in [9.17, 15) is 0 Å². The van der Waals surface area contributed by atoms with Gasteiger partial charge in [0.2, 0.25) is 5.75 Å². The SMILES string of the molecule is CCC(I)c1cc(OC)c(OC)c(OC)c1. The topological polar surface area (TPSA) is 27.7 Å². The molecule has 16 heavy (non-hydrogen) atoms. The lowest BCUT2D eigenvalue weighted by Crippen LogP contribution is -1.98. The zero-order valence-corrected chi connectivity index (χ0v) is 12.2. The Morgan fingerprint density at radius 3 is 1.88 bits per heavy atom. The van der Waals surface area contributed by atoms with Crippen LogP contribution in [0.5, 0.6) is 17.2 Å². The van der Waals surface area contributed by atoms with Crippen LogP contribution in [0.25, 0.3) is 0 Å². The average molecular weight is 336 g/mol. The van der Waals surface area contributed by atoms with Crippen molar-refractivity contribution in [3.8, 4) is 17.2 Å². The fourth-order valence-corrected chi connectivity index (χ4v) is 1.88. The van der Waals surface area contributed by atoms with Crippen LogP contribution < -0.4 is 14.2 Å². The van der Waals surface area contributed by atoms with Crippen molar-refractivity contribution in [1.29, 1.82) is 0 Å². The summed E-state index contributed by atoms with van der Waals surface area (Å²) < 4.78 is 16.3. The summed E-state index contributed by atoms with van der Waals surface area (Å²) in [5.41, 5.74) is 1.19. The van der Waals surface area contributed by atoms with E-state index >= 15 is 0 Å². The van der Waals surface area contributed by atoms with E-state index < -0.39 is 0 Å². The number of benzene rings is 1. The van der Waals surface area contributed by atoms with Crippen molar-refractivity contribution < 1.29 is 14.2 Å². The highest BCUT2D eigenvalue weighted by Gasteiger charge is 2.15. The monoisotopic (exact) mass is 336 g/mol. The largest absolute Gasteiger partial charge is 0.493 e. The predicted octanol–water partition coefficient (Wildman–Crippen LogP) is 3.60. The first-order chi connectivity index (χ1) is 7.67. The van der Waals surface area contributed by atoms with E-state index in [4.69, 9.17) is 14.2 Å². The van der Waals surface area contributed by atoms with Crippen molar-refractivity contribution in [2.24, 2.45) is 0 Å². The van der Waals surface area contributed by atoms with Crippen molar-refractivity contribution in [2.45, 2.75) is 17.3 Å². The molecule has 0 aliphatic carbocycles. The average Bonchev–Trinajstić information content (AvgIpc) is 2.35. The van der Waals surface area contributed by atoms with E-state index in [1.54, 1.807) is 21.3 Å². The Hall–Kier alpha value is -0.650. The standard InChI is InChI=1S/C12H17IO3/c1-5-9(13)8-6-10(14-2)12(16-4)11(7-8)15-3/h6-7,9H,5H2,1-4H3. The van der Waals surface area contributed by atoms with Crippen LogP contribution in [0.2, 0.25) is 0 Å². The van der Waals surface area contributed by atoms with Gasteiger partial charge in [0.1, 0.15) is 0 Å². The molecule has 1 aromatic carbocycles. The van der Waals surface area contributed by atoms with Gasteiger partial charge in [0.15, 0.2) is 11.5 Å². The Balaban J connectivity index is 3.25. The molecule has 0 aromatic heterocycles. The van der Waals surface area contributed by atoms with Gasteiger partial charge in [0, 0.05) is 3.92 Å². The molecule has 0 spiro atoms. The zero-order valence-electron chi connectivity index (χ0n) is 10.0. The van der Waals surface area contributed by atoms with Crippen LogP contribution in [-0.2, 0) is 0 Å². The Bertz CT molecular complexity index is 327. The Kier molecular flexibility index (Phi) is 5.18.